The number of nitrogens with zero attached hydrogens (tertiary/aromatic N) is 3. The molecule has 0 saturated carbocycles. The summed E-state index contributed by atoms with van der Waals surface area (Å²) in [5.41, 5.74) is 0.871. The van der Waals surface area contributed by atoms with Crippen molar-refractivity contribution in [2.24, 2.45) is 5.92 Å². The fourth-order valence-corrected chi connectivity index (χ4v) is 2.21. The maximum absolute atomic E-state index is 11.1. The lowest BCUT2D eigenvalue weighted by Crippen LogP contribution is -2.41. The lowest BCUT2D eigenvalue weighted by atomic mass is 10.0. The van der Waals surface area contributed by atoms with E-state index in [4.69, 9.17) is 9.84 Å². The van der Waals surface area contributed by atoms with Crippen LogP contribution in [0.4, 0.5) is 5.82 Å². The molecule has 0 bridgehead atoms. The number of carbonyl (C=O) groups is 1. The predicted molar refractivity (Wildman–Crippen MR) is 65.6 cm³/mol. The summed E-state index contributed by atoms with van der Waals surface area (Å²) in [5.74, 6) is 0.0850. The number of hydrogen-bond donors (Lipinski definition) is 1. The van der Waals surface area contributed by atoms with E-state index >= 15 is 0 Å². The highest BCUT2D eigenvalue weighted by Crippen LogP contribution is 2.23. The number of anilines is 1. The third kappa shape index (κ3) is 2.43. The molecule has 1 aromatic heterocycles. The molecule has 2 unspecified atom stereocenters. The summed E-state index contributed by atoms with van der Waals surface area (Å²) in [6.07, 6.45) is 0. The number of hydrogen-bond acceptors (Lipinski definition) is 5. The SMILES string of the molecule is Cc1cc(N(C)C2COCC2C(=O)O)nc(C)n1. The Morgan fingerprint density at radius 2 is 2.17 bits per heavy atom. The molecule has 1 aliphatic rings. The molecule has 1 fully saturated rings. The molecule has 6 nitrogen and oxygen atoms in total. The van der Waals surface area contributed by atoms with Crippen LogP contribution in [0.1, 0.15) is 11.5 Å². The van der Waals surface area contributed by atoms with E-state index in [0.717, 1.165) is 11.5 Å². The van der Waals surface area contributed by atoms with Gasteiger partial charge in [-0.05, 0) is 13.8 Å². The molecule has 2 heterocycles. The molecule has 1 aromatic rings. The number of aliphatic carboxylic acids is 1. The molecule has 0 aromatic carbocycles. The molecule has 98 valence electrons. The van der Waals surface area contributed by atoms with Crippen molar-refractivity contribution in [1.29, 1.82) is 0 Å². The normalized spacial score (nSPS) is 23.1. The highest BCUT2D eigenvalue weighted by Gasteiger charge is 2.37. The summed E-state index contributed by atoms with van der Waals surface area (Å²) in [6, 6.07) is 1.67. The van der Waals surface area contributed by atoms with Crippen molar-refractivity contribution in [3.05, 3.63) is 17.6 Å². The van der Waals surface area contributed by atoms with Crippen LogP contribution in [-0.4, -0.2) is 47.3 Å². The van der Waals surface area contributed by atoms with Crippen molar-refractivity contribution in [3.8, 4) is 0 Å². The minimum atomic E-state index is -0.827. The van der Waals surface area contributed by atoms with Crippen LogP contribution < -0.4 is 4.90 Å². The van der Waals surface area contributed by atoms with Gasteiger partial charge in [0.2, 0.25) is 0 Å². The van der Waals surface area contributed by atoms with E-state index in [0.29, 0.717) is 12.4 Å². The summed E-state index contributed by atoms with van der Waals surface area (Å²) in [7, 11) is 1.84. The van der Waals surface area contributed by atoms with Crippen LogP contribution in [0.3, 0.4) is 0 Å². The number of ether oxygens (including phenoxy) is 1. The van der Waals surface area contributed by atoms with Gasteiger partial charge in [-0.2, -0.15) is 0 Å². The molecule has 2 atom stereocenters. The first-order valence-electron chi connectivity index (χ1n) is 5.84. The summed E-state index contributed by atoms with van der Waals surface area (Å²) >= 11 is 0. The molecular formula is C12H17N3O3. The Hall–Kier alpha value is -1.69. The van der Waals surface area contributed by atoms with Gasteiger partial charge in [0.15, 0.2) is 0 Å². The van der Waals surface area contributed by atoms with Gasteiger partial charge in [0, 0.05) is 18.8 Å². The number of carboxylic acids is 1. The number of carboxylic acid groups (broad SMARTS) is 1. The molecule has 1 N–H and O–H groups in total. The standard InChI is InChI=1S/C12H17N3O3/c1-7-4-11(14-8(2)13-7)15(3)10-6-18-5-9(10)12(16)17/h4,9-10H,5-6H2,1-3H3,(H,16,17). The fourth-order valence-electron chi connectivity index (χ4n) is 2.21. The third-order valence-electron chi connectivity index (χ3n) is 3.18. The quantitative estimate of drug-likeness (QED) is 0.849. The maximum Gasteiger partial charge on any atom is 0.311 e. The summed E-state index contributed by atoms with van der Waals surface area (Å²) in [5, 5.41) is 9.15. The third-order valence-corrected chi connectivity index (χ3v) is 3.18. The molecule has 0 aliphatic carbocycles. The van der Waals surface area contributed by atoms with Crippen molar-refractivity contribution in [2.75, 3.05) is 25.2 Å². The van der Waals surface area contributed by atoms with E-state index in [1.807, 2.05) is 31.9 Å². The monoisotopic (exact) mass is 251 g/mol. The molecule has 18 heavy (non-hydrogen) atoms. The van der Waals surface area contributed by atoms with Gasteiger partial charge in [0.25, 0.3) is 0 Å². The Labute approximate surface area is 106 Å². The first kappa shape index (κ1) is 12.8. The van der Waals surface area contributed by atoms with E-state index in [1.54, 1.807) is 0 Å². The molecule has 1 aliphatic heterocycles. The minimum absolute atomic E-state index is 0.184. The van der Waals surface area contributed by atoms with E-state index < -0.39 is 11.9 Å². The first-order valence-corrected chi connectivity index (χ1v) is 5.84. The van der Waals surface area contributed by atoms with Crippen molar-refractivity contribution in [2.45, 2.75) is 19.9 Å². The second-order valence-corrected chi connectivity index (χ2v) is 4.58. The number of aryl methyl sites for hydroxylation is 2. The van der Waals surface area contributed by atoms with Gasteiger partial charge in [-0.15, -0.1) is 0 Å². The van der Waals surface area contributed by atoms with Gasteiger partial charge in [-0.1, -0.05) is 0 Å². The second kappa shape index (κ2) is 4.89. The number of rotatable bonds is 3. The van der Waals surface area contributed by atoms with Crippen LogP contribution in [0.2, 0.25) is 0 Å². The predicted octanol–water partition coefficient (Wildman–Crippen LogP) is 0.629. The minimum Gasteiger partial charge on any atom is -0.481 e. The average molecular weight is 251 g/mol. The van der Waals surface area contributed by atoms with Crippen molar-refractivity contribution in [1.82, 2.24) is 9.97 Å². The zero-order chi connectivity index (χ0) is 13.3. The molecule has 6 heteroatoms. The number of likely N-dealkylation sites (N-methyl/N-ethyl adjacent to an activating group) is 1. The largest absolute Gasteiger partial charge is 0.481 e. The van der Waals surface area contributed by atoms with Crippen LogP contribution in [0.15, 0.2) is 6.07 Å². The van der Waals surface area contributed by atoms with Crippen LogP contribution in [0, 0.1) is 19.8 Å². The van der Waals surface area contributed by atoms with Crippen molar-refractivity contribution in [3.63, 3.8) is 0 Å². The second-order valence-electron chi connectivity index (χ2n) is 4.58. The molecule has 1 saturated heterocycles. The zero-order valence-electron chi connectivity index (χ0n) is 10.8. The lowest BCUT2D eigenvalue weighted by molar-refractivity contribution is -0.141. The lowest BCUT2D eigenvalue weighted by Gasteiger charge is -2.27. The van der Waals surface area contributed by atoms with Crippen molar-refractivity contribution < 1.29 is 14.6 Å². The highest BCUT2D eigenvalue weighted by molar-refractivity contribution is 5.72. The summed E-state index contributed by atoms with van der Waals surface area (Å²) < 4.78 is 5.27. The Morgan fingerprint density at radius 1 is 1.44 bits per heavy atom. The van der Waals surface area contributed by atoms with Gasteiger partial charge in [-0.3, -0.25) is 4.79 Å². The Kier molecular flexibility index (Phi) is 3.47. The molecule has 2 rings (SSSR count). The average Bonchev–Trinajstić information content (AvgIpc) is 2.75. The van der Waals surface area contributed by atoms with E-state index in [2.05, 4.69) is 9.97 Å². The Morgan fingerprint density at radius 3 is 2.78 bits per heavy atom. The molecule has 0 spiro atoms. The zero-order valence-corrected chi connectivity index (χ0v) is 10.8. The maximum atomic E-state index is 11.1. The summed E-state index contributed by atoms with van der Waals surface area (Å²) in [6.45, 7) is 4.39. The molecule has 0 amide bonds. The van der Waals surface area contributed by atoms with E-state index in [9.17, 15) is 4.79 Å². The Balaban J connectivity index is 2.24. The van der Waals surface area contributed by atoms with Gasteiger partial charge in [-0.25, -0.2) is 9.97 Å². The van der Waals surface area contributed by atoms with Crippen LogP contribution >= 0.6 is 0 Å². The summed E-state index contributed by atoms with van der Waals surface area (Å²) in [4.78, 5) is 21.6. The fraction of sp³-hybridized carbons (Fsp3) is 0.583. The van der Waals surface area contributed by atoms with Gasteiger partial charge in [0.05, 0.1) is 19.3 Å². The van der Waals surface area contributed by atoms with Crippen molar-refractivity contribution >= 4 is 11.8 Å². The van der Waals surface area contributed by atoms with E-state index in [1.165, 1.54) is 0 Å². The van der Waals surface area contributed by atoms with Gasteiger partial charge < -0.3 is 14.7 Å². The smallest absolute Gasteiger partial charge is 0.311 e. The van der Waals surface area contributed by atoms with Gasteiger partial charge >= 0.3 is 5.97 Å². The topological polar surface area (TPSA) is 75.5 Å². The van der Waals surface area contributed by atoms with Gasteiger partial charge in [0.1, 0.15) is 17.6 Å². The Bertz CT molecular complexity index is 444. The highest BCUT2D eigenvalue weighted by atomic mass is 16.5. The molecular weight excluding hydrogens is 234 g/mol. The van der Waals surface area contributed by atoms with Crippen LogP contribution in [-0.2, 0) is 9.53 Å². The van der Waals surface area contributed by atoms with Crippen LogP contribution in [0.5, 0.6) is 0 Å². The van der Waals surface area contributed by atoms with E-state index in [-0.39, 0.29) is 12.6 Å². The molecule has 0 radical (unpaired) electrons. The van der Waals surface area contributed by atoms with Crippen LogP contribution in [0.25, 0.3) is 0 Å². The number of aromatic nitrogens is 2. The first-order chi connectivity index (χ1) is 8.49.